The summed E-state index contributed by atoms with van der Waals surface area (Å²) in [7, 11) is 0. The number of aromatic amines is 1. The van der Waals surface area contributed by atoms with E-state index in [0.29, 0.717) is 0 Å². The van der Waals surface area contributed by atoms with Crippen LogP contribution in [0.2, 0.25) is 0 Å². The van der Waals surface area contributed by atoms with Crippen LogP contribution in [-0.4, -0.2) is 16.1 Å². The third-order valence-electron chi connectivity index (χ3n) is 4.17. The van der Waals surface area contributed by atoms with Crippen molar-refractivity contribution >= 4 is 28.2 Å². The molecule has 0 spiro atoms. The third kappa shape index (κ3) is 3.57. The topological polar surface area (TPSA) is 93.6 Å². The van der Waals surface area contributed by atoms with Gasteiger partial charge in [-0.25, -0.2) is 0 Å². The molecule has 0 saturated heterocycles. The van der Waals surface area contributed by atoms with E-state index in [9.17, 15) is 10.1 Å². The van der Waals surface area contributed by atoms with Gasteiger partial charge in [-0.3, -0.25) is 9.89 Å². The first-order valence-electron chi connectivity index (χ1n) is 8.32. The molecule has 6 heteroatoms. The van der Waals surface area contributed by atoms with Gasteiger partial charge in [-0.15, -0.1) is 0 Å². The Kier molecular flexibility index (Phi) is 4.99. The molecule has 0 unspecified atom stereocenters. The van der Waals surface area contributed by atoms with E-state index in [0.717, 1.165) is 39.8 Å². The van der Waals surface area contributed by atoms with Gasteiger partial charge in [-0.2, -0.15) is 10.4 Å². The van der Waals surface area contributed by atoms with E-state index in [-0.39, 0.29) is 5.57 Å². The zero-order valence-corrected chi connectivity index (χ0v) is 14.6. The van der Waals surface area contributed by atoms with Gasteiger partial charge >= 0.3 is 0 Å². The Labute approximate surface area is 151 Å². The molecule has 0 aliphatic carbocycles. The van der Waals surface area contributed by atoms with Gasteiger partial charge < -0.3 is 10.6 Å². The number of amides is 1. The molecular formula is C20H19N5O. The SMILES string of the molecule is CCc1cccc(C)c1NC(=O)/C(C#N)=C\Nc1ccc2cn[nH]c2c1. The molecule has 130 valence electrons. The Morgan fingerprint density at radius 3 is 2.96 bits per heavy atom. The second kappa shape index (κ2) is 7.53. The molecule has 3 N–H and O–H groups in total. The maximum atomic E-state index is 12.5. The Morgan fingerprint density at radius 1 is 1.35 bits per heavy atom. The van der Waals surface area contributed by atoms with Crippen LogP contribution in [0.15, 0.2) is 54.4 Å². The monoisotopic (exact) mass is 345 g/mol. The van der Waals surface area contributed by atoms with Gasteiger partial charge in [0.15, 0.2) is 0 Å². The number of anilines is 2. The van der Waals surface area contributed by atoms with Crippen molar-refractivity contribution < 1.29 is 4.79 Å². The number of nitriles is 1. The number of H-pyrrole nitrogens is 1. The van der Waals surface area contributed by atoms with Gasteiger partial charge in [0.25, 0.3) is 5.91 Å². The smallest absolute Gasteiger partial charge is 0.267 e. The van der Waals surface area contributed by atoms with E-state index in [4.69, 9.17) is 0 Å². The molecule has 1 amide bonds. The molecule has 3 aromatic rings. The van der Waals surface area contributed by atoms with Gasteiger partial charge in [0, 0.05) is 23.0 Å². The molecule has 0 aliphatic rings. The van der Waals surface area contributed by atoms with Gasteiger partial charge in [0.2, 0.25) is 0 Å². The zero-order chi connectivity index (χ0) is 18.5. The number of carbonyl (C=O) groups is 1. The van der Waals surface area contributed by atoms with E-state index in [2.05, 4.69) is 20.8 Å². The number of aryl methyl sites for hydroxylation is 2. The van der Waals surface area contributed by atoms with Crippen molar-refractivity contribution in [2.24, 2.45) is 0 Å². The fourth-order valence-corrected chi connectivity index (χ4v) is 2.71. The number of hydrogen-bond donors (Lipinski definition) is 3. The lowest BCUT2D eigenvalue weighted by Crippen LogP contribution is -2.16. The Bertz CT molecular complexity index is 1030. The molecule has 2 aromatic carbocycles. The molecule has 1 heterocycles. The summed E-state index contributed by atoms with van der Waals surface area (Å²) >= 11 is 0. The highest BCUT2D eigenvalue weighted by Crippen LogP contribution is 2.22. The number of fused-ring (bicyclic) bond motifs is 1. The van der Waals surface area contributed by atoms with Crippen LogP contribution in [0.5, 0.6) is 0 Å². The third-order valence-corrected chi connectivity index (χ3v) is 4.17. The normalized spacial score (nSPS) is 11.2. The number of nitrogens with zero attached hydrogens (tertiary/aromatic N) is 2. The summed E-state index contributed by atoms with van der Waals surface area (Å²) in [4.78, 5) is 12.5. The summed E-state index contributed by atoms with van der Waals surface area (Å²) < 4.78 is 0. The van der Waals surface area contributed by atoms with Crippen molar-refractivity contribution in [3.8, 4) is 6.07 Å². The van der Waals surface area contributed by atoms with Crippen molar-refractivity contribution in [3.63, 3.8) is 0 Å². The second-order valence-corrected chi connectivity index (χ2v) is 5.90. The molecule has 0 fully saturated rings. The number of nitrogens with one attached hydrogen (secondary N) is 3. The van der Waals surface area contributed by atoms with Crippen molar-refractivity contribution in [1.29, 1.82) is 5.26 Å². The zero-order valence-electron chi connectivity index (χ0n) is 14.6. The largest absolute Gasteiger partial charge is 0.360 e. The van der Waals surface area contributed by atoms with Crippen molar-refractivity contribution in [2.75, 3.05) is 10.6 Å². The van der Waals surface area contributed by atoms with Crippen molar-refractivity contribution in [3.05, 3.63) is 65.5 Å². The van der Waals surface area contributed by atoms with Crippen molar-refractivity contribution in [1.82, 2.24) is 10.2 Å². The Balaban J connectivity index is 1.78. The first kappa shape index (κ1) is 17.2. The summed E-state index contributed by atoms with van der Waals surface area (Å²) in [5.41, 5.74) is 4.40. The van der Waals surface area contributed by atoms with E-state index in [1.165, 1.54) is 6.20 Å². The van der Waals surface area contributed by atoms with E-state index >= 15 is 0 Å². The molecule has 0 bridgehead atoms. The highest BCUT2D eigenvalue weighted by atomic mass is 16.1. The van der Waals surface area contributed by atoms with Crippen molar-refractivity contribution in [2.45, 2.75) is 20.3 Å². The minimum Gasteiger partial charge on any atom is -0.360 e. The van der Waals surface area contributed by atoms with Crippen LogP contribution in [0, 0.1) is 18.3 Å². The van der Waals surface area contributed by atoms with E-state index in [1.54, 1.807) is 6.20 Å². The number of rotatable bonds is 5. The summed E-state index contributed by atoms with van der Waals surface area (Å²) in [5.74, 6) is -0.438. The van der Waals surface area contributed by atoms with Crippen LogP contribution in [0.1, 0.15) is 18.1 Å². The molecule has 0 radical (unpaired) electrons. The predicted molar refractivity (Wildman–Crippen MR) is 103 cm³/mol. The molecule has 0 atom stereocenters. The van der Waals surface area contributed by atoms with Gasteiger partial charge in [0.05, 0.1) is 11.7 Å². The van der Waals surface area contributed by atoms with Gasteiger partial charge in [-0.1, -0.05) is 25.1 Å². The van der Waals surface area contributed by atoms with Crippen LogP contribution in [-0.2, 0) is 11.2 Å². The molecule has 1 aromatic heterocycles. The number of para-hydroxylation sites is 1. The van der Waals surface area contributed by atoms with E-state index in [1.807, 2.05) is 56.3 Å². The van der Waals surface area contributed by atoms with Crippen LogP contribution in [0.4, 0.5) is 11.4 Å². The second-order valence-electron chi connectivity index (χ2n) is 5.90. The molecule has 0 saturated carbocycles. The van der Waals surface area contributed by atoms with Gasteiger partial charge in [0.1, 0.15) is 11.6 Å². The minimum atomic E-state index is -0.438. The lowest BCUT2D eigenvalue weighted by molar-refractivity contribution is -0.112. The number of hydrogen-bond acceptors (Lipinski definition) is 4. The molecular weight excluding hydrogens is 326 g/mol. The predicted octanol–water partition coefficient (Wildman–Crippen LogP) is 3.89. The average Bonchev–Trinajstić information content (AvgIpc) is 3.11. The summed E-state index contributed by atoms with van der Waals surface area (Å²) in [5, 5.41) is 23.0. The lowest BCUT2D eigenvalue weighted by Gasteiger charge is -2.12. The minimum absolute atomic E-state index is 0.0000128. The summed E-state index contributed by atoms with van der Waals surface area (Å²) in [6.45, 7) is 3.96. The average molecular weight is 345 g/mol. The maximum absolute atomic E-state index is 12.5. The number of aromatic nitrogens is 2. The fraction of sp³-hybridized carbons (Fsp3) is 0.150. The fourth-order valence-electron chi connectivity index (χ4n) is 2.71. The summed E-state index contributed by atoms with van der Waals surface area (Å²) in [6, 6.07) is 13.4. The highest BCUT2D eigenvalue weighted by molar-refractivity contribution is 6.07. The number of carbonyl (C=O) groups excluding carboxylic acids is 1. The molecule has 3 rings (SSSR count). The van der Waals surface area contributed by atoms with Crippen LogP contribution >= 0.6 is 0 Å². The first-order chi connectivity index (χ1) is 12.6. The number of benzene rings is 2. The van der Waals surface area contributed by atoms with Gasteiger partial charge in [-0.05, 0) is 42.7 Å². The maximum Gasteiger partial charge on any atom is 0.267 e. The molecule has 26 heavy (non-hydrogen) atoms. The molecule has 0 aliphatic heterocycles. The van der Waals surface area contributed by atoms with Crippen LogP contribution in [0.3, 0.4) is 0 Å². The highest BCUT2D eigenvalue weighted by Gasteiger charge is 2.13. The first-order valence-corrected chi connectivity index (χ1v) is 8.32. The van der Waals surface area contributed by atoms with Crippen LogP contribution < -0.4 is 10.6 Å². The molecule has 6 nitrogen and oxygen atoms in total. The summed E-state index contributed by atoms with van der Waals surface area (Å²) in [6.07, 6.45) is 3.94. The Morgan fingerprint density at radius 2 is 2.19 bits per heavy atom. The Hall–Kier alpha value is -3.59. The van der Waals surface area contributed by atoms with E-state index < -0.39 is 5.91 Å². The lowest BCUT2D eigenvalue weighted by atomic mass is 10.1. The van der Waals surface area contributed by atoms with Crippen LogP contribution in [0.25, 0.3) is 10.9 Å². The standard InChI is InChI=1S/C20H19N5O/c1-3-14-6-4-5-13(2)19(14)24-20(26)16(10-21)11-22-17-8-7-15-12-23-25-18(15)9-17/h4-9,11-12,22H,3H2,1-2H3,(H,23,25)(H,24,26)/b16-11-. The quantitative estimate of drug-likeness (QED) is 0.483.